The number of hydrogen-bond acceptors (Lipinski definition) is 5. The molecule has 172 valence electrons. The number of anilines is 1. The summed E-state index contributed by atoms with van der Waals surface area (Å²) in [6, 6.07) is 10.3. The van der Waals surface area contributed by atoms with Crippen molar-refractivity contribution in [3.8, 4) is 5.75 Å². The summed E-state index contributed by atoms with van der Waals surface area (Å²) < 4.78 is 5.22. The molecule has 1 aliphatic rings. The van der Waals surface area contributed by atoms with Crippen molar-refractivity contribution in [3.63, 3.8) is 0 Å². The van der Waals surface area contributed by atoms with Crippen molar-refractivity contribution in [1.29, 1.82) is 0 Å². The minimum atomic E-state index is -0.287. The summed E-state index contributed by atoms with van der Waals surface area (Å²) in [4.78, 5) is 31.5. The zero-order chi connectivity index (χ0) is 22.9. The number of pyridine rings is 1. The number of nitrogens with zero attached hydrogens (tertiary/aromatic N) is 2. The number of amides is 3. The first kappa shape index (κ1) is 23.8. The van der Waals surface area contributed by atoms with Gasteiger partial charge in [0.1, 0.15) is 5.75 Å². The van der Waals surface area contributed by atoms with Crippen LogP contribution in [0.5, 0.6) is 5.75 Å². The Balaban J connectivity index is 1.69. The monoisotopic (exact) mass is 459 g/mol. The van der Waals surface area contributed by atoms with Crippen LogP contribution in [0.15, 0.2) is 42.6 Å². The van der Waals surface area contributed by atoms with E-state index in [1.807, 2.05) is 19.1 Å². The molecule has 0 radical (unpaired) electrons. The quantitative estimate of drug-likeness (QED) is 0.563. The minimum Gasteiger partial charge on any atom is -0.495 e. The molecular formula is C23H30ClN5O3. The molecule has 1 fully saturated rings. The molecule has 32 heavy (non-hydrogen) atoms. The fourth-order valence-electron chi connectivity index (χ4n) is 3.76. The molecule has 0 aliphatic carbocycles. The summed E-state index contributed by atoms with van der Waals surface area (Å²) in [7, 11) is 1.60. The lowest BCUT2D eigenvalue weighted by molar-refractivity contribution is -0.122. The molecule has 8 nitrogen and oxygen atoms in total. The van der Waals surface area contributed by atoms with E-state index in [1.165, 1.54) is 0 Å². The van der Waals surface area contributed by atoms with Gasteiger partial charge in [-0.2, -0.15) is 0 Å². The molecule has 0 unspecified atom stereocenters. The van der Waals surface area contributed by atoms with E-state index >= 15 is 0 Å². The second kappa shape index (κ2) is 11.7. The lowest BCUT2D eigenvalue weighted by atomic mass is 9.88. The van der Waals surface area contributed by atoms with E-state index < -0.39 is 0 Å². The lowest BCUT2D eigenvalue weighted by Gasteiger charge is -2.38. The van der Waals surface area contributed by atoms with E-state index in [2.05, 4.69) is 25.8 Å². The fourth-order valence-corrected chi connectivity index (χ4v) is 3.89. The molecule has 3 rings (SSSR count). The molecule has 3 amide bonds. The first-order valence-electron chi connectivity index (χ1n) is 10.8. The highest BCUT2D eigenvalue weighted by molar-refractivity contribution is 6.30. The average Bonchev–Trinajstić information content (AvgIpc) is 2.80. The Labute approximate surface area is 193 Å². The van der Waals surface area contributed by atoms with E-state index in [-0.39, 0.29) is 23.9 Å². The van der Waals surface area contributed by atoms with Gasteiger partial charge in [0, 0.05) is 48.0 Å². The van der Waals surface area contributed by atoms with Gasteiger partial charge < -0.3 is 20.7 Å². The highest BCUT2D eigenvalue weighted by Crippen LogP contribution is 2.27. The molecule has 2 heterocycles. The van der Waals surface area contributed by atoms with E-state index in [0.717, 1.165) is 12.1 Å². The molecule has 9 heteroatoms. The Hall–Kier alpha value is -2.84. The molecule has 0 spiro atoms. The third kappa shape index (κ3) is 6.83. The number of rotatable bonds is 8. The maximum atomic E-state index is 12.6. The van der Waals surface area contributed by atoms with Gasteiger partial charge in [-0.25, -0.2) is 4.79 Å². The summed E-state index contributed by atoms with van der Waals surface area (Å²) in [5.74, 6) is 0.620. The first-order chi connectivity index (χ1) is 15.5. The maximum Gasteiger partial charge on any atom is 0.319 e. The predicted octanol–water partition coefficient (Wildman–Crippen LogP) is 3.25. The van der Waals surface area contributed by atoms with E-state index in [9.17, 15) is 9.59 Å². The highest BCUT2D eigenvalue weighted by atomic mass is 35.5. The van der Waals surface area contributed by atoms with Crippen molar-refractivity contribution < 1.29 is 14.3 Å². The molecule has 3 N–H and O–H groups in total. The van der Waals surface area contributed by atoms with Gasteiger partial charge >= 0.3 is 6.03 Å². The number of likely N-dealkylation sites (tertiary alicyclic amines) is 1. The second-order valence-corrected chi connectivity index (χ2v) is 8.25. The third-order valence-corrected chi connectivity index (χ3v) is 5.68. The van der Waals surface area contributed by atoms with Crippen LogP contribution in [0.3, 0.4) is 0 Å². The van der Waals surface area contributed by atoms with Crippen LogP contribution in [0.1, 0.15) is 31.4 Å². The second-order valence-electron chi connectivity index (χ2n) is 7.81. The standard InChI is InChI=1S/C23H30ClN5O3/c1-3-11-25-22(30)15-29-12-10-21(19(14-29)20-9-8-18(32-2)13-26-20)28-23(31)27-17-6-4-16(24)5-7-17/h4-9,13,19,21H,3,10-12,14-15H2,1-2H3,(H,25,30)(H2,27,28,31)/t19-,21+/m0/s1. The Morgan fingerprint density at radius 3 is 2.66 bits per heavy atom. The van der Waals surface area contributed by atoms with E-state index in [4.69, 9.17) is 16.3 Å². The number of carbonyl (C=O) groups excluding carboxylic acids is 2. The number of piperidine rings is 1. The van der Waals surface area contributed by atoms with Gasteiger partial charge in [0.25, 0.3) is 0 Å². The van der Waals surface area contributed by atoms with E-state index in [1.54, 1.807) is 37.6 Å². The van der Waals surface area contributed by atoms with Crippen molar-refractivity contribution in [3.05, 3.63) is 53.3 Å². The number of aromatic nitrogens is 1. The zero-order valence-electron chi connectivity index (χ0n) is 18.4. The number of urea groups is 1. The number of methoxy groups -OCH3 is 1. The van der Waals surface area contributed by atoms with Gasteiger partial charge in [-0.05, 0) is 49.2 Å². The molecule has 1 aromatic heterocycles. The van der Waals surface area contributed by atoms with Crippen LogP contribution in [-0.4, -0.2) is 61.2 Å². The van der Waals surface area contributed by atoms with Gasteiger partial charge in [-0.3, -0.25) is 14.7 Å². The first-order valence-corrected chi connectivity index (χ1v) is 11.2. The largest absolute Gasteiger partial charge is 0.495 e. The van der Waals surface area contributed by atoms with Crippen LogP contribution in [0.25, 0.3) is 0 Å². The van der Waals surface area contributed by atoms with Crippen molar-refractivity contribution >= 4 is 29.2 Å². The van der Waals surface area contributed by atoms with Crippen molar-refractivity contribution in [2.24, 2.45) is 0 Å². The number of benzene rings is 1. The molecule has 0 saturated carbocycles. The Morgan fingerprint density at radius 1 is 1.22 bits per heavy atom. The molecular weight excluding hydrogens is 430 g/mol. The Morgan fingerprint density at radius 2 is 2.00 bits per heavy atom. The number of hydrogen-bond donors (Lipinski definition) is 3. The van der Waals surface area contributed by atoms with Crippen LogP contribution in [0.4, 0.5) is 10.5 Å². The highest BCUT2D eigenvalue weighted by Gasteiger charge is 2.33. The zero-order valence-corrected chi connectivity index (χ0v) is 19.2. The number of carbonyl (C=O) groups is 2. The number of halogens is 1. The van der Waals surface area contributed by atoms with Gasteiger partial charge in [0.15, 0.2) is 0 Å². The lowest BCUT2D eigenvalue weighted by Crippen LogP contribution is -2.52. The number of nitrogens with one attached hydrogen (secondary N) is 3. The Kier molecular flexibility index (Phi) is 8.70. The van der Waals surface area contributed by atoms with Gasteiger partial charge in [0.05, 0.1) is 19.9 Å². The average molecular weight is 460 g/mol. The molecule has 1 aromatic carbocycles. The van der Waals surface area contributed by atoms with E-state index in [0.29, 0.717) is 49.1 Å². The predicted molar refractivity (Wildman–Crippen MR) is 125 cm³/mol. The maximum absolute atomic E-state index is 12.6. The third-order valence-electron chi connectivity index (χ3n) is 5.43. The van der Waals surface area contributed by atoms with Crippen LogP contribution in [0, 0.1) is 0 Å². The topological polar surface area (TPSA) is 95.6 Å². The SMILES string of the molecule is CCCNC(=O)CN1CC[C@@H](NC(=O)Nc2ccc(Cl)cc2)[C@H](c2ccc(OC)cn2)C1. The number of ether oxygens (including phenoxy) is 1. The summed E-state index contributed by atoms with van der Waals surface area (Å²) in [5.41, 5.74) is 1.51. The minimum absolute atomic E-state index is 0.0141. The Bertz CT molecular complexity index is 892. The molecule has 2 aromatic rings. The van der Waals surface area contributed by atoms with Crippen LogP contribution >= 0.6 is 11.6 Å². The summed E-state index contributed by atoms with van der Waals surface area (Å²) in [6.07, 6.45) is 3.28. The summed E-state index contributed by atoms with van der Waals surface area (Å²) in [6.45, 7) is 4.35. The smallest absolute Gasteiger partial charge is 0.319 e. The molecule has 1 saturated heterocycles. The van der Waals surface area contributed by atoms with Gasteiger partial charge in [-0.15, -0.1) is 0 Å². The molecule has 0 bridgehead atoms. The normalized spacial score (nSPS) is 18.6. The van der Waals surface area contributed by atoms with Crippen molar-refractivity contribution in [2.45, 2.75) is 31.7 Å². The van der Waals surface area contributed by atoms with Crippen LogP contribution in [-0.2, 0) is 4.79 Å². The fraction of sp³-hybridized carbons (Fsp3) is 0.435. The van der Waals surface area contributed by atoms with Crippen molar-refractivity contribution in [2.75, 3.05) is 38.6 Å². The van der Waals surface area contributed by atoms with Gasteiger partial charge in [-0.1, -0.05) is 18.5 Å². The van der Waals surface area contributed by atoms with Crippen LogP contribution in [0.2, 0.25) is 5.02 Å². The van der Waals surface area contributed by atoms with Gasteiger partial charge in [0.2, 0.25) is 5.91 Å². The summed E-state index contributed by atoms with van der Waals surface area (Å²) >= 11 is 5.91. The van der Waals surface area contributed by atoms with Crippen LogP contribution < -0.4 is 20.7 Å². The van der Waals surface area contributed by atoms with Crippen molar-refractivity contribution in [1.82, 2.24) is 20.5 Å². The molecule has 2 atom stereocenters. The summed E-state index contributed by atoms with van der Waals surface area (Å²) in [5, 5.41) is 9.46. The molecule has 1 aliphatic heterocycles.